The van der Waals surface area contributed by atoms with Crippen molar-refractivity contribution in [2.75, 3.05) is 17.6 Å². The zero-order valence-electron chi connectivity index (χ0n) is 12.3. The average Bonchev–Trinajstić information content (AvgIpc) is 3.01. The highest BCUT2D eigenvalue weighted by Gasteiger charge is 2.14. The van der Waals surface area contributed by atoms with Gasteiger partial charge in [0.2, 0.25) is 11.9 Å². The van der Waals surface area contributed by atoms with Crippen molar-refractivity contribution in [3.05, 3.63) is 0 Å². The van der Waals surface area contributed by atoms with Crippen molar-refractivity contribution in [1.82, 2.24) is 15.2 Å². The molecule has 0 radical (unpaired) electrons. The number of nitrogens with zero attached hydrogens (tertiary/aromatic N) is 2. The van der Waals surface area contributed by atoms with Gasteiger partial charge < -0.3 is 11.1 Å². The molecule has 0 unspecified atom stereocenters. The summed E-state index contributed by atoms with van der Waals surface area (Å²) in [5.41, 5.74) is 5.39. The van der Waals surface area contributed by atoms with Crippen LogP contribution in [0, 0.1) is 5.92 Å². The molecule has 0 amide bonds. The Morgan fingerprint density at radius 1 is 1.28 bits per heavy atom. The predicted octanol–water partition coefficient (Wildman–Crippen LogP) is 3.43. The van der Waals surface area contributed by atoms with E-state index in [0.29, 0.717) is 11.9 Å². The van der Waals surface area contributed by atoms with Crippen LogP contribution >= 0.6 is 0 Å². The minimum Gasteiger partial charge on any atom is -0.368 e. The molecule has 1 heterocycles. The van der Waals surface area contributed by atoms with Gasteiger partial charge in [-0.15, -0.1) is 5.10 Å². The van der Waals surface area contributed by atoms with E-state index in [2.05, 4.69) is 34.3 Å². The van der Waals surface area contributed by atoms with Crippen LogP contribution in [0.1, 0.15) is 59.8 Å². The number of nitrogens with one attached hydrogen (secondary N) is 2. The lowest BCUT2D eigenvalue weighted by Gasteiger charge is -2.07. The molecule has 5 nitrogen and oxygen atoms in total. The van der Waals surface area contributed by atoms with Gasteiger partial charge in [-0.1, -0.05) is 47.0 Å². The summed E-state index contributed by atoms with van der Waals surface area (Å²) in [6.07, 6.45) is 6.63. The highest BCUT2D eigenvalue weighted by molar-refractivity contribution is 5.29. The van der Waals surface area contributed by atoms with E-state index in [1.807, 2.05) is 13.8 Å². The second-order valence-electron chi connectivity index (χ2n) is 4.28. The van der Waals surface area contributed by atoms with E-state index < -0.39 is 0 Å². The second kappa shape index (κ2) is 10.9. The van der Waals surface area contributed by atoms with Crippen molar-refractivity contribution in [2.24, 2.45) is 5.92 Å². The number of aromatic amines is 1. The van der Waals surface area contributed by atoms with E-state index in [9.17, 15) is 0 Å². The molecule has 0 bridgehead atoms. The molecule has 4 N–H and O–H groups in total. The molecule has 2 rings (SSSR count). The SMILES string of the molecule is CC.CCC.Nc1nc(NCC2CCCC2)n[nH]1. The third kappa shape index (κ3) is 7.14. The Hall–Kier alpha value is -1.26. The van der Waals surface area contributed by atoms with Crippen LogP contribution < -0.4 is 11.1 Å². The van der Waals surface area contributed by atoms with Gasteiger partial charge in [0.15, 0.2) is 0 Å². The van der Waals surface area contributed by atoms with Gasteiger partial charge in [-0.25, -0.2) is 5.10 Å². The van der Waals surface area contributed by atoms with Gasteiger partial charge in [0.25, 0.3) is 0 Å². The molecule has 0 saturated heterocycles. The first-order valence-electron chi connectivity index (χ1n) is 7.18. The largest absolute Gasteiger partial charge is 0.368 e. The number of hydrogen-bond acceptors (Lipinski definition) is 4. The van der Waals surface area contributed by atoms with Crippen LogP contribution in [0.25, 0.3) is 0 Å². The first-order valence-corrected chi connectivity index (χ1v) is 7.18. The molecule has 0 atom stereocenters. The van der Waals surface area contributed by atoms with Crippen molar-refractivity contribution in [1.29, 1.82) is 0 Å². The highest BCUT2D eigenvalue weighted by Crippen LogP contribution is 2.24. The number of H-pyrrole nitrogens is 1. The van der Waals surface area contributed by atoms with Crippen molar-refractivity contribution in [3.63, 3.8) is 0 Å². The fourth-order valence-corrected chi connectivity index (χ4v) is 1.80. The van der Waals surface area contributed by atoms with Crippen molar-refractivity contribution in [2.45, 2.75) is 59.8 Å². The van der Waals surface area contributed by atoms with E-state index in [1.54, 1.807) is 0 Å². The Morgan fingerprint density at radius 3 is 2.28 bits per heavy atom. The molecule has 1 aromatic heterocycles. The van der Waals surface area contributed by atoms with Gasteiger partial charge in [-0.3, -0.25) is 0 Å². The molecule has 1 aromatic rings. The third-order valence-electron chi connectivity index (χ3n) is 2.53. The average molecular weight is 255 g/mol. The summed E-state index contributed by atoms with van der Waals surface area (Å²) in [5.74, 6) is 1.78. The molecule has 18 heavy (non-hydrogen) atoms. The first-order chi connectivity index (χ1) is 8.76. The molecular weight excluding hydrogens is 226 g/mol. The molecule has 1 saturated carbocycles. The number of rotatable bonds is 3. The fraction of sp³-hybridized carbons (Fsp3) is 0.846. The Labute approximate surface area is 111 Å². The van der Waals surface area contributed by atoms with E-state index in [4.69, 9.17) is 5.73 Å². The first kappa shape index (κ1) is 16.7. The van der Waals surface area contributed by atoms with E-state index in [1.165, 1.54) is 32.1 Å². The summed E-state index contributed by atoms with van der Waals surface area (Å²) in [4.78, 5) is 3.97. The zero-order valence-corrected chi connectivity index (χ0v) is 12.3. The lowest BCUT2D eigenvalue weighted by Crippen LogP contribution is -2.11. The van der Waals surface area contributed by atoms with Gasteiger partial charge >= 0.3 is 0 Å². The molecule has 0 spiro atoms. The molecule has 1 fully saturated rings. The highest BCUT2D eigenvalue weighted by atomic mass is 15.3. The lowest BCUT2D eigenvalue weighted by molar-refractivity contribution is 0.578. The van der Waals surface area contributed by atoms with Crippen LogP contribution in [0.4, 0.5) is 11.9 Å². The quantitative estimate of drug-likeness (QED) is 0.773. The Balaban J connectivity index is 0.000000509. The standard InChI is InChI=1S/C8H15N5.C3H8.C2H6/c9-7-11-8(13-12-7)10-5-6-3-1-2-4-6;1-3-2;1-2/h6H,1-5H2,(H4,9,10,11,12,13);3H2,1-2H3;1-2H3. The zero-order chi connectivity index (χ0) is 13.8. The van der Waals surface area contributed by atoms with Gasteiger partial charge in [-0.05, 0) is 18.8 Å². The minimum absolute atomic E-state index is 0.369. The van der Waals surface area contributed by atoms with Gasteiger partial charge in [0.05, 0.1) is 0 Å². The van der Waals surface area contributed by atoms with Crippen LogP contribution in [-0.2, 0) is 0 Å². The van der Waals surface area contributed by atoms with Crippen molar-refractivity contribution < 1.29 is 0 Å². The number of anilines is 2. The van der Waals surface area contributed by atoms with Crippen LogP contribution in [0.15, 0.2) is 0 Å². The lowest BCUT2D eigenvalue weighted by atomic mass is 10.1. The number of nitrogen functional groups attached to an aromatic ring is 1. The number of hydrogen-bond donors (Lipinski definition) is 3. The summed E-state index contributed by atoms with van der Waals surface area (Å²) in [5, 5.41) is 9.68. The van der Waals surface area contributed by atoms with E-state index >= 15 is 0 Å². The molecule has 5 heteroatoms. The third-order valence-corrected chi connectivity index (χ3v) is 2.53. The fourth-order valence-electron chi connectivity index (χ4n) is 1.80. The molecular formula is C13H29N5. The minimum atomic E-state index is 0.369. The topological polar surface area (TPSA) is 79.6 Å². The Morgan fingerprint density at radius 2 is 1.83 bits per heavy atom. The normalized spacial score (nSPS) is 14.2. The summed E-state index contributed by atoms with van der Waals surface area (Å²) < 4.78 is 0. The van der Waals surface area contributed by atoms with Gasteiger partial charge in [0, 0.05) is 6.54 Å². The predicted molar refractivity (Wildman–Crippen MR) is 78.6 cm³/mol. The van der Waals surface area contributed by atoms with Gasteiger partial charge in [-0.2, -0.15) is 4.98 Å². The van der Waals surface area contributed by atoms with Crippen LogP contribution in [0.5, 0.6) is 0 Å². The van der Waals surface area contributed by atoms with Crippen molar-refractivity contribution >= 4 is 11.9 Å². The van der Waals surface area contributed by atoms with E-state index in [-0.39, 0.29) is 0 Å². The summed E-state index contributed by atoms with van der Waals surface area (Å²) in [7, 11) is 0. The van der Waals surface area contributed by atoms with E-state index in [0.717, 1.165) is 12.5 Å². The second-order valence-corrected chi connectivity index (χ2v) is 4.28. The molecule has 0 aromatic carbocycles. The van der Waals surface area contributed by atoms with Gasteiger partial charge in [0.1, 0.15) is 0 Å². The van der Waals surface area contributed by atoms with Crippen LogP contribution in [0.2, 0.25) is 0 Å². The van der Waals surface area contributed by atoms with Crippen LogP contribution in [0.3, 0.4) is 0 Å². The maximum Gasteiger partial charge on any atom is 0.243 e. The maximum atomic E-state index is 5.39. The smallest absolute Gasteiger partial charge is 0.243 e. The molecule has 1 aliphatic rings. The molecule has 1 aliphatic carbocycles. The number of nitrogens with two attached hydrogens (primary N) is 1. The molecule has 106 valence electrons. The van der Waals surface area contributed by atoms with Crippen LogP contribution in [-0.4, -0.2) is 21.7 Å². The summed E-state index contributed by atoms with van der Waals surface area (Å²) >= 11 is 0. The monoisotopic (exact) mass is 255 g/mol. The Kier molecular flexibility index (Phi) is 10.1. The number of aromatic nitrogens is 3. The maximum absolute atomic E-state index is 5.39. The Bertz CT molecular complexity index is 279. The van der Waals surface area contributed by atoms with Crippen molar-refractivity contribution in [3.8, 4) is 0 Å². The molecule has 0 aliphatic heterocycles. The summed E-state index contributed by atoms with van der Waals surface area (Å²) in [6.45, 7) is 9.22. The summed E-state index contributed by atoms with van der Waals surface area (Å²) in [6, 6.07) is 0.